The molecular formula is C22H32O5. The number of fused-ring (bicyclic) bond motifs is 2. The number of carbonyl (C=O) groups is 3. The molecule has 0 amide bonds. The Morgan fingerprint density at radius 3 is 2.59 bits per heavy atom. The van der Waals surface area contributed by atoms with Crippen LogP contribution in [0.5, 0.6) is 0 Å². The highest BCUT2D eigenvalue weighted by molar-refractivity contribution is 5.88. The molecule has 0 aromatic heterocycles. The van der Waals surface area contributed by atoms with Crippen LogP contribution in [0.25, 0.3) is 0 Å². The van der Waals surface area contributed by atoms with Crippen molar-refractivity contribution in [2.24, 2.45) is 40.4 Å². The van der Waals surface area contributed by atoms with Gasteiger partial charge in [0.1, 0.15) is 11.7 Å². The summed E-state index contributed by atoms with van der Waals surface area (Å²) >= 11 is 0. The van der Waals surface area contributed by atoms with E-state index in [0.717, 1.165) is 24.7 Å². The predicted octanol–water partition coefficient (Wildman–Crippen LogP) is 3.86. The van der Waals surface area contributed by atoms with E-state index in [2.05, 4.69) is 13.0 Å². The second-order valence-corrected chi connectivity index (χ2v) is 9.27. The summed E-state index contributed by atoms with van der Waals surface area (Å²) in [4.78, 5) is 36.4. The maximum atomic E-state index is 12.6. The number of hydrogen-bond acceptors (Lipinski definition) is 4. The number of aldehydes is 1. The summed E-state index contributed by atoms with van der Waals surface area (Å²) in [6.45, 7) is 7.98. The molecule has 150 valence electrons. The van der Waals surface area contributed by atoms with Crippen LogP contribution in [0.3, 0.4) is 0 Å². The highest BCUT2D eigenvalue weighted by atomic mass is 16.5. The fourth-order valence-electron chi connectivity index (χ4n) is 6.69. The third-order valence-corrected chi connectivity index (χ3v) is 7.67. The molecule has 6 atom stereocenters. The largest absolute Gasteiger partial charge is 0.481 e. The van der Waals surface area contributed by atoms with Gasteiger partial charge in [0, 0.05) is 12.3 Å². The molecule has 0 aliphatic heterocycles. The zero-order valence-electron chi connectivity index (χ0n) is 16.9. The zero-order chi connectivity index (χ0) is 20.0. The molecule has 1 N–H and O–H groups in total. The molecular weight excluding hydrogens is 344 g/mol. The van der Waals surface area contributed by atoms with Crippen LogP contribution in [0, 0.1) is 40.4 Å². The van der Waals surface area contributed by atoms with Gasteiger partial charge in [-0.2, -0.15) is 0 Å². The van der Waals surface area contributed by atoms with Crippen molar-refractivity contribution in [1.29, 1.82) is 0 Å². The molecule has 0 heterocycles. The van der Waals surface area contributed by atoms with Crippen LogP contribution in [0.1, 0.15) is 59.8 Å². The van der Waals surface area contributed by atoms with E-state index in [1.165, 1.54) is 6.92 Å². The number of ether oxygens (including phenoxy) is 1. The number of carboxylic acid groups (broad SMARTS) is 1. The van der Waals surface area contributed by atoms with E-state index in [1.54, 1.807) is 0 Å². The second-order valence-electron chi connectivity index (χ2n) is 9.27. The van der Waals surface area contributed by atoms with Crippen LogP contribution in [0.4, 0.5) is 0 Å². The third-order valence-electron chi connectivity index (χ3n) is 7.67. The summed E-state index contributed by atoms with van der Waals surface area (Å²) in [5.74, 6) is -0.207. The van der Waals surface area contributed by atoms with Gasteiger partial charge in [0.15, 0.2) is 0 Å². The lowest BCUT2D eigenvalue weighted by Gasteiger charge is -2.48. The van der Waals surface area contributed by atoms with Gasteiger partial charge in [-0.1, -0.05) is 38.8 Å². The zero-order valence-corrected chi connectivity index (χ0v) is 16.9. The van der Waals surface area contributed by atoms with Gasteiger partial charge < -0.3 is 14.6 Å². The molecule has 0 aromatic rings. The van der Waals surface area contributed by atoms with E-state index in [0.29, 0.717) is 31.8 Å². The van der Waals surface area contributed by atoms with Crippen molar-refractivity contribution < 1.29 is 24.2 Å². The van der Waals surface area contributed by atoms with E-state index in [1.807, 2.05) is 13.8 Å². The molecule has 3 rings (SSSR count). The topological polar surface area (TPSA) is 80.7 Å². The molecule has 0 saturated heterocycles. The maximum Gasteiger partial charge on any atom is 0.314 e. The number of rotatable bonds is 7. The van der Waals surface area contributed by atoms with Crippen molar-refractivity contribution in [1.82, 2.24) is 0 Å². The number of aliphatic carboxylic acids is 1. The smallest absolute Gasteiger partial charge is 0.314 e. The Morgan fingerprint density at radius 2 is 2.04 bits per heavy atom. The lowest BCUT2D eigenvalue weighted by Crippen LogP contribution is -2.53. The van der Waals surface area contributed by atoms with Crippen molar-refractivity contribution in [2.45, 2.75) is 59.8 Å². The number of carbonyl (C=O) groups excluding carboxylic acids is 2. The Hall–Kier alpha value is -1.65. The van der Waals surface area contributed by atoms with E-state index < -0.39 is 16.8 Å². The normalized spacial score (nSPS) is 40.3. The lowest BCUT2D eigenvalue weighted by atomic mass is 9.52. The monoisotopic (exact) mass is 376 g/mol. The molecule has 2 bridgehead atoms. The Kier molecular flexibility index (Phi) is 5.26. The Morgan fingerprint density at radius 1 is 1.33 bits per heavy atom. The van der Waals surface area contributed by atoms with Gasteiger partial charge in [-0.15, -0.1) is 0 Å². The van der Waals surface area contributed by atoms with Gasteiger partial charge in [0.25, 0.3) is 0 Å². The van der Waals surface area contributed by atoms with Crippen LogP contribution in [-0.2, 0) is 19.1 Å². The maximum absolute atomic E-state index is 12.6. The van der Waals surface area contributed by atoms with Crippen molar-refractivity contribution in [2.75, 3.05) is 6.61 Å². The minimum absolute atomic E-state index is 0.0316. The molecule has 6 unspecified atom stereocenters. The van der Waals surface area contributed by atoms with Crippen molar-refractivity contribution in [3.63, 3.8) is 0 Å². The molecule has 3 aliphatic rings. The average molecular weight is 376 g/mol. The highest BCUT2D eigenvalue weighted by Gasteiger charge is 2.71. The van der Waals surface area contributed by atoms with Gasteiger partial charge in [-0.3, -0.25) is 9.59 Å². The molecule has 5 heteroatoms. The summed E-state index contributed by atoms with van der Waals surface area (Å²) in [6.07, 6.45) is 6.88. The Balaban J connectivity index is 1.99. The van der Waals surface area contributed by atoms with Crippen LogP contribution in [-0.4, -0.2) is 29.9 Å². The van der Waals surface area contributed by atoms with Crippen LogP contribution in [0.15, 0.2) is 11.6 Å². The number of allylic oxidation sites excluding steroid dienone is 1. The van der Waals surface area contributed by atoms with Crippen molar-refractivity contribution >= 4 is 18.2 Å². The minimum Gasteiger partial charge on any atom is -0.481 e. The van der Waals surface area contributed by atoms with E-state index >= 15 is 0 Å². The van der Waals surface area contributed by atoms with Crippen molar-refractivity contribution in [3.05, 3.63) is 11.6 Å². The first kappa shape index (κ1) is 20.1. The average Bonchev–Trinajstić information content (AvgIpc) is 3.25. The van der Waals surface area contributed by atoms with Crippen LogP contribution in [0.2, 0.25) is 0 Å². The number of esters is 1. The first-order valence-electron chi connectivity index (χ1n) is 10.2. The van der Waals surface area contributed by atoms with Gasteiger partial charge in [0.2, 0.25) is 0 Å². The molecule has 2 fully saturated rings. The first-order valence-corrected chi connectivity index (χ1v) is 10.2. The minimum atomic E-state index is -1.07. The fraction of sp³-hybridized carbons (Fsp3) is 0.773. The van der Waals surface area contributed by atoms with Crippen LogP contribution < -0.4 is 0 Å². The highest BCUT2D eigenvalue weighted by Crippen LogP contribution is 2.70. The van der Waals surface area contributed by atoms with Gasteiger partial charge in [0.05, 0.1) is 6.61 Å². The summed E-state index contributed by atoms with van der Waals surface area (Å²) in [6, 6.07) is 0. The van der Waals surface area contributed by atoms with E-state index in [4.69, 9.17) is 4.74 Å². The second kappa shape index (κ2) is 7.06. The SMILES string of the molecule is CC(=O)OCCC1C(C)CCC1C1(C=O)CC2C=C(C(C)C)C1(C(=O)O)C2. The molecule has 2 saturated carbocycles. The standard InChI is InChI=1S/C22H32O5/c1-13(2)19-9-16-10-21(12-23,22(19,11-16)20(25)26)18-6-5-14(3)17(18)7-8-27-15(4)24/h9,12-14,16-18H,5-8,10-11H2,1-4H3,(H,25,26). The van der Waals surface area contributed by atoms with Crippen LogP contribution >= 0.6 is 0 Å². The molecule has 3 aliphatic carbocycles. The first-order chi connectivity index (χ1) is 12.7. The summed E-state index contributed by atoms with van der Waals surface area (Å²) in [5.41, 5.74) is -0.970. The van der Waals surface area contributed by atoms with Gasteiger partial charge in [-0.25, -0.2) is 0 Å². The molecule has 27 heavy (non-hydrogen) atoms. The van der Waals surface area contributed by atoms with Crippen molar-refractivity contribution in [3.8, 4) is 0 Å². The number of carboxylic acids is 1. The molecule has 0 radical (unpaired) electrons. The van der Waals surface area contributed by atoms with E-state index in [9.17, 15) is 19.5 Å². The summed E-state index contributed by atoms with van der Waals surface area (Å²) in [5, 5.41) is 10.4. The van der Waals surface area contributed by atoms with Gasteiger partial charge >= 0.3 is 11.9 Å². The van der Waals surface area contributed by atoms with E-state index in [-0.39, 0.29) is 29.6 Å². The lowest BCUT2D eigenvalue weighted by molar-refractivity contribution is -0.160. The Bertz CT molecular complexity index is 666. The molecule has 0 aromatic carbocycles. The molecule has 0 spiro atoms. The predicted molar refractivity (Wildman–Crippen MR) is 101 cm³/mol. The summed E-state index contributed by atoms with van der Waals surface area (Å²) in [7, 11) is 0. The fourth-order valence-corrected chi connectivity index (χ4v) is 6.69. The summed E-state index contributed by atoms with van der Waals surface area (Å²) < 4.78 is 5.17. The quantitative estimate of drug-likeness (QED) is 0.414. The Labute approximate surface area is 161 Å². The van der Waals surface area contributed by atoms with Gasteiger partial charge in [-0.05, 0) is 55.3 Å². The number of hydrogen-bond donors (Lipinski definition) is 1. The third kappa shape index (κ3) is 2.85. The molecule has 5 nitrogen and oxygen atoms in total.